The van der Waals surface area contributed by atoms with Crippen molar-refractivity contribution in [2.24, 2.45) is 0 Å². The highest BCUT2D eigenvalue weighted by molar-refractivity contribution is 5.97. The average Bonchev–Trinajstić information content (AvgIpc) is 3.57. The lowest BCUT2D eigenvalue weighted by Crippen LogP contribution is -2.01. The molecule has 0 radical (unpaired) electrons. The van der Waals surface area contributed by atoms with Gasteiger partial charge in [0.25, 0.3) is 0 Å². The molecule has 1 unspecified atom stereocenters. The van der Waals surface area contributed by atoms with Crippen molar-refractivity contribution >= 4 is 10.8 Å². The van der Waals surface area contributed by atoms with Gasteiger partial charge in [0, 0.05) is 35.1 Å². The van der Waals surface area contributed by atoms with Gasteiger partial charge in [0.05, 0.1) is 23.0 Å². The minimum atomic E-state index is 0.0545. The third-order valence-corrected chi connectivity index (χ3v) is 10.3. The topological polar surface area (TPSA) is 47.9 Å². The molecule has 0 saturated carbocycles. The van der Waals surface area contributed by atoms with Gasteiger partial charge in [0.15, 0.2) is 0 Å². The van der Waals surface area contributed by atoms with Crippen LogP contribution in [-0.4, -0.2) is 15.0 Å². The van der Waals surface area contributed by atoms with Gasteiger partial charge in [-0.25, -0.2) is 0 Å². The van der Waals surface area contributed by atoms with Crippen molar-refractivity contribution in [2.75, 3.05) is 0 Å². The summed E-state index contributed by atoms with van der Waals surface area (Å²) in [6.45, 7) is 0. The Morgan fingerprint density at radius 3 is 1.89 bits per heavy atom. The number of rotatable bonds is 7. The molecule has 3 heterocycles. The molecule has 0 bridgehead atoms. The van der Waals surface area contributed by atoms with Crippen LogP contribution in [0.1, 0.15) is 22.7 Å². The molecule has 4 nitrogen and oxygen atoms in total. The first kappa shape index (κ1) is 31.6. The summed E-state index contributed by atoms with van der Waals surface area (Å²) in [6, 6.07) is 61.4. The summed E-state index contributed by atoms with van der Waals surface area (Å²) in [5.74, 6) is 1.60. The van der Waals surface area contributed by atoms with Crippen LogP contribution in [0.25, 0.3) is 66.7 Å². The normalized spacial score (nSPS) is 13.0. The van der Waals surface area contributed by atoms with E-state index in [-0.39, 0.29) is 5.92 Å². The lowest BCUT2D eigenvalue weighted by Gasteiger charge is -2.15. The fraction of sp³-hybridized carbons (Fsp3) is 0.0200. The molecule has 1 aliphatic rings. The van der Waals surface area contributed by atoms with Crippen molar-refractivity contribution in [3.05, 3.63) is 211 Å². The Bertz CT molecular complexity index is 2810. The zero-order valence-corrected chi connectivity index (χ0v) is 29.3. The molecule has 1 aliphatic carbocycles. The molecule has 9 aromatic rings. The largest absolute Gasteiger partial charge is 0.457 e. The number of ether oxygens (including phenoxy) is 1. The number of nitrogens with zero attached hydrogens (tertiary/aromatic N) is 3. The zero-order valence-electron chi connectivity index (χ0n) is 29.3. The Balaban J connectivity index is 0.969. The predicted octanol–water partition coefficient (Wildman–Crippen LogP) is 12.6. The molecule has 0 saturated heterocycles. The number of aromatic nitrogens is 3. The van der Waals surface area contributed by atoms with Gasteiger partial charge in [0.2, 0.25) is 0 Å². The lowest BCUT2D eigenvalue weighted by atomic mass is 9.93. The van der Waals surface area contributed by atoms with Gasteiger partial charge in [-0.2, -0.15) is 0 Å². The number of benzene rings is 6. The van der Waals surface area contributed by atoms with E-state index in [9.17, 15) is 0 Å². The summed E-state index contributed by atoms with van der Waals surface area (Å²) in [4.78, 5) is 14.2. The van der Waals surface area contributed by atoms with Crippen molar-refractivity contribution in [1.29, 1.82) is 0 Å². The van der Waals surface area contributed by atoms with E-state index in [2.05, 4.69) is 145 Å². The second-order valence-corrected chi connectivity index (χ2v) is 13.6. The first-order valence-corrected chi connectivity index (χ1v) is 18.2. The van der Waals surface area contributed by atoms with Crippen LogP contribution in [0.5, 0.6) is 11.5 Å². The van der Waals surface area contributed by atoms with Crippen molar-refractivity contribution in [3.63, 3.8) is 0 Å². The van der Waals surface area contributed by atoms with Crippen LogP contribution in [0.4, 0.5) is 0 Å². The summed E-state index contributed by atoms with van der Waals surface area (Å²) in [6.07, 6.45) is 5.59. The van der Waals surface area contributed by atoms with Gasteiger partial charge in [0.1, 0.15) is 11.5 Å². The van der Waals surface area contributed by atoms with Crippen molar-refractivity contribution in [1.82, 2.24) is 15.0 Å². The third kappa shape index (κ3) is 5.80. The summed E-state index contributed by atoms with van der Waals surface area (Å²) in [7, 11) is 0. The SMILES string of the molecule is c1ccc(-c2cccc(-c3cccc(-c4ccc5ccnc(-c6cccc(Oc7ccc8c(c7)C(c7ccccn7)c7ccccc7-8)c6)c5c4)c3)c2)nc1. The first-order chi connectivity index (χ1) is 26.7. The monoisotopic (exact) mass is 691 g/mol. The quantitative estimate of drug-likeness (QED) is 0.167. The Morgan fingerprint density at radius 2 is 1.07 bits per heavy atom. The van der Waals surface area contributed by atoms with E-state index in [0.717, 1.165) is 72.7 Å². The maximum Gasteiger partial charge on any atom is 0.128 e. The van der Waals surface area contributed by atoms with Gasteiger partial charge in [-0.15, -0.1) is 0 Å². The molecule has 0 N–H and O–H groups in total. The van der Waals surface area contributed by atoms with E-state index in [1.165, 1.54) is 22.3 Å². The van der Waals surface area contributed by atoms with E-state index in [0.29, 0.717) is 0 Å². The summed E-state index contributed by atoms with van der Waals surface area (Å²) in [5, 5.41) is 2.22. The number of fused-ring (bicyclic) bond motifs is 4. The molecule has 3 aromatic heterocycles. The Hall–Kier alpha value is -7.17. The van der Waals surface area contributed by atoms with E-state index in [1.807, 2.05) is 55.0 Å². The van der Waals surface area contributed by atoms with Crippen molar-refractivity contribution in [3.8, 4) is 67.4 Å². The fourth-order valence-corrected chi connectivity index (χ4v) is 7.81. The Labute approximate surface area is 314 Å². The second-order valence-electron chi connectivity index (χ2n) is 13.6. The second kappa shape index (κ2) is 13.4. The van der Waals surface area contributed by atoms with Crippen LogP contribution >= 0.6 is 0 Å². The molecule has 6 aromatic carbocycles. The van der Waals surface area contributed by atoms with Crippen LogP contribution in [0, 0.1) is 0 Å². The Morgan fingerprint density at radius 1 is 0.389 bits per heavy atom. The van der Waals surface area contributed by atoms with Crippen LogP contribution in [0.2, 0.25) is 0 Å². The average molecular weight is 692 g/mol. The van der Waals surface area contributed by atoms with Gasteiger partial charge in [-0.05, 0) is 123 Å². The maximum absolute atomic E-state index is 6.59. The standard InChI is InChI=1S/C50H33N3O/c1-2-17-44-42(16-1)43-23-22-41(32-46(43)49(44)48-19-4-6-26-52-48)54-40-15-9-14-39(30-40)50-45-31-37(21-20-33(45)24-27-53-50)35-11-7-10-34(28-35)36-12-8-13-38(29-36)47-18-3-5-25-51-47/h1-32,49H. The highest BCUT2D eigenvalue weighted by Gasteiger charge is 2.31. The molecule has 10 rings (SSSR count). The molecule has 0 fully saturated rings. The molecule has 0 spiro atoms. The molecule has 54 heavy (non-hydrogen) atoms. The molecule has 0 amide bonds. The van der Waals surface area contributed by atoms with Gasteiger partial charge in [-0.3, -0.25) is 15.0 Å². The minimum absolute atomic E-state index is 0.0545. The Kier molecular flexibility index (Phi) is 7.85. The number of hydrogen-bond acceptors (Lipinski definition) is 4. The highest BCUT2D eigenvalue weighted by Crippen LogP contribution is 2.49. The van der Waals surface area contributed by atoms with Crippen molar-refractivity contribution in [2.45, 2.75) is 5.92 Å². The summed E-state index contributed by atoms with van der Waals surface area (Å²) >= 11 is 0. The third-order valence-electron chi connectivity index (χ3n) is 10.3. The highest BCUT2D eigenvalue weighted by atomic mass is 16.5. The number of hydrogen-bond donors (Lipinski definition) is 0. The fourth-order valence-electron chi connectivity index (χ4n) is 7.81. The van der Waals surface area contributed by atoms with Crippen LogP contribution in [0.15, 0.2) is 195 Å². The molecular weight excluding hydrogens is 659 g/mol. The minimum Gasteiger partial charge on any atom is -0.457 e. The summed E-state index contributed by atoms with van der Waals surface area (Å²) in [5.41, 5.74) is 14.5. The summed E-state index contributed by atoms with van der Waals surface area (Å²) < 4.78 is 6.59. The van der Waals surface area contributed by atoms with Crippen LogP contribution < -0.4 is 4.74 Å². The van der Waals surface area contributed by atoms with Gasteiger partial charge < -0.3 is 4.74 Å². The van der Waals surface area contributed by atoms with Gasteiger partial charge in [-0.1, -0.05) is 103 Å². The van der Waals surface area contributed by atoms with Crippen LogP contribution in [-0.2, 0) is 0 Å². The van der Waals surface area contributed by atoms with Gasteiger partial charge >= 0.3 is 0 Å². The first-order valence-electron chi connectivity index (χ1n) is 18.2. The molecule has 4 heteroatoms. The van der Waals surface area contributed by atoms with E-state index < -0.39 is 0 Å². The molecule has 254 valence electrons. The zero-order chi connectivity index (χ0) is 35.8. The lowest BCUT2D eigenvalue weighted by molar-refractivity contribution is 0.482. The molecular formula is C50H33N3O. The van der Waals surface area contributed by atoms with E-state index >= 15 is 0 Å². The number of pyridine rings is 3. The van der Waals surface area contributed by atoms with E-state index in [4.69, 9.17) is 14.7 Å². The molecule has 1 atom stereocenters. The predicted molar refractivity (Wildman–Crippen MR) is 218 cm³/mol. The smallest absolute Gasteiger partial charge is 0.128 e. The maximum atomic E-state index is 6.59. The molecule has 0 aliphatic heterocycles. The van der Waals surface area contributed by atoms with Crippen LogP contribution in [0.3, 0.4) is 0 Å². The van der Waals surface area contributed by atoms with Crippen molar-refractivity contribution < 1.29 is 4.74 Å². The van der Waals surface area contributed by atoms with E-state index in [1.54, 1.807) is 0 Å².